The number of amides is 1. The van der Waals surface area contributed by atoms with Crippen molar-refractivity contribution < 1.29 is 4.79 Å². The highest BCUT2D eigenvalue weighted by Gasteiger charge is 2.60. The first-order valence-electron chi connectivity index (χ1n) is 8.57. The van der Waals surface area contributed by atoms with E-state index in [0.717, 1.165) is 32.1 Å². The van der Waals surface area contributed by atoms with Crippen molar-refractivity contribution in [2.45, 2.75) is 81.5 Å². The molecule has 5 aliphatic carbocycles. The molecule has 2 unspecified atom stereocenters. The molecule has 1 N–H and O–H groups in total. The minimum Gasteiger partial charge on any atom is -0.353 e. The van der Waals surface area contributed by atoms with Crippen LogP contribution in [0, 0.1) is 17.3 Å². The summed E-state index contributed by atoms with van der Waals surface area (Å²) in [4.78, 5) is 12.9. The molecule has 4 atom stereocenters. The molecule has 5 saturated carbocycles. The maximum Gasteiger partial charge on any atom is 0.226 e. The number of alkyl halides is 1. The third-order valence-corrected chi connectivity index (χ3v) is 6.85. The van der Waals surface area contributed by atoms with Gasteiger partial charge in [0.05, 0.1) is 5.41 Å². The highest BCUT2D eigenvalue weighted by atomic mass is 35.5. The van der Waals surface area contributed by atoms with Crippen molar-refractivity contribution >= 4 is 17.5 Å². The number of hydrogen-bond acceptors (Lipinski definition) is 1. The topological polar surface area (TPSA) is 29.1 Å². The summed E-state index contributed by atoms with van der Waals surface area (Å²) < 4.78 is 0. The van der Waals surface area contributed by atoms with Gasteiger partial charge in [0.15, 0.2) is 0 Å². The Hall–Kier alpha value is -0.240. The van der Waals surface area contributed by atoms with Gasteiger partial charge in [-0.2, -0.15) is 0 Å². The zero-order chi connectivity index (χ0) is 13.8. The predicted octanol–water partition coefficient (Wildman–Crippen LogP) is 4.01. The van der Waals surface area contributed by atoms with Crippen molar-refractivity contribution in [3.63, 3.8) is 0 Å². The van der Waals surface area contributed by atoms with E-state index in [1.54, 1.807) is 0 Å². The van der Waals surface area contributed by atoms with E-state index < -0.39 is 0 Å². The Labute approximate surface area is 127 Å². The molecule has 0 saturated heterocycles. The minimum atomic E-state index is -0.108. The summed E-state index contributed by atoms with van der Waals surface area (Å²) >= 11 is 6.83. The molecule has 0 aromatic heterocycles. The maximum atomic E-state index is 12.9. The molecular formula is C17H26ClNO. The van der Waals surface area contributed by atoms with Gasteiger partial charge in [-0.3, -0.25) is 4.79 Å². The second kappa shape index (κ2) is 4.63. The van der Waals surface area contributed by atoms with Crippen LogP contribution in [0.5, 0.6) is 0 Å². The van der Waals surface area contributed by atoms with Crippen molar-refractivity contribution in [1.82, 2.24) is 5.32 Å². The molecule has 0 aromatic rings. The average molecular weight is 296 g/mol. The van der Waals surface area contributed by atoms with Crippen molar-refractivity contribution in [2.24, 2.45) is 17.3 Å². The lowest BCUT2D eigenvalue weighted by Crippen LogP contribution is -2.59. The Morgan fingerprint density at radius 1 is 1.00 bits per heavy atom. The maximum absolute atomic E-state index is 12.9. The number of hydrogen-bond donors (Lipinski definition) is 1. The van der Waals surface area contributed by atoms with Gasteiger partial charge in [0.25, 0.3) is 0 Å². The molecule has 5 aliphatic rings. The van der Waals surface area contributed by atoms with Crippen molar-refractivity contribution in [2.75, 3.05) is 0 Å². The fourth-order valence-electron chi connectivity index (χ4n) is 6.00. The predicted molar refractivity (Wildman–Crippen MR) is 80.7 cm³/mol. The zero-order valence-corrected chi connectivity index (χ0v) is 13.1. The summed E-state index contributed by atoms with van der Waals surface area (Å²) in [6, 6.07) is 0.440. The number of carbonyl (C=O) groups is 1. The van der Waals surface area contributed by atoms with Gasteiger partial charge in [0, 0.05) is 10.9 Å². The van der Waals surface area contributed by atoms with E-state index in [9.17, 15) is 4.79 Å². The summed E-state index contributed by atoms with van der Waals surface area (Å²) in [5, 5.41) is 3.40. The van der Waals surface area contributed by atoms with E-state index in [0.29, 0.717) is 23.8 Å². The van der Waals surface area contributed by atoms with Crippen molar-refractivity contribution in [3.8, 4) is 0 Å². The normalized spacial score (nSPS) is 47.5. The van der Waals surface area contributed by atoms with Gasteiger partial charge in [0.1, 0.15) is 0 Å². The van der Waals surface area contributed by atoms with Crippen LogP contribution in [-0.2, 0) is 4.79 Å². The van der Waals surface area contributed by atoms with E-state index in [-0.39, 0.29) is 10.3 Å². The summed E-state index contributed by atoms with van der Waals surface area (Å²) in [5.41, 5.74) is -0.108. The third kappa shape index (κ3) is 2.19. The first-order chi connectivity index (χ1) is 9.57. The number of nitrogens with one attached hydrogen (secondary N) is 1. The molecule has 20 heavy (non-hydrogen) atoms. The van der Waals surface area contributed by atoms with Crippen LogP contribution in [0.25, 0.3) is 0 Å². The first kappa shape index (κ1) is 13.4. The molecule has 4 bridgehead atoms. The fraction of sp³-hybridized carbons (Fsp3) is 0.941. The molecule has 112 valence electrons. The average Bonchev–Trinajstić information content (AvgIpc) is 2.37. The van der Waals surface area contributed by atoms with E-state index in [1.165, 1.54) is 38.5 Å². The van der Waals surface area contributed by atoms with Crippen molar-refractivity contribution in [3.05, 3.63) is 0 Å². The highest BCUT2D eigenvalue weighted by Crippen LogP contribution is 2.63. The highest BCUT2D eigenvalue weighted by molar-refractivity contribution is 6.24. The van der Waals surface area contributed by atoms with E-state index in [4.69, 9.17) is 11.6 Å². The van der Waals surface area contributed by atoms with Crippen LogP contribution < -0.4 is 5.32 Å². The van der Waals surface area contributed by atoms with Gasteiger partial charge >= 0.3 is 0 Å². The minimum absolute atomic E-state index is 0.0476. The quantitative estimate of drug-likeness (QED) is 0.766. The Morgan fingerprint density at radius 3 is 2.25 bits per heavy atom. The van der Waals surface area contributed by atoms with Gasteiger partial charge in [-0.25, -0.2) is 0 Å². The number of carbonyl (C=O) groups excluding carboxylic acids is 1. The second-order valence-electron chi connectivity index (χ2n) is 8.20. The number of halogens is 1. The lowest BCUT2D eigenvalue weighted by Gasteiger charge is -2.59. The van der Waals surface area contributed by atoms with Gasteiger partial charge in [0.2, 0.25) is 5.91 Å². The molecule has 0 heterocycles. The molecule has 5 rings (SSSR count). The van der Waals surface area contributed by atoms with Crippen LogP contribution in [0.3, 0.4) is 0 Å². The van der Waals surface area contributed by atoms with Gasteiger partial charge < -0.3 is 5.32 Å². The Kier molecular flexibility index (Phi) is 3.11. The summed E-state index contributed by atoms with van der Waals surface area (Å²) in [5.74, 6) is 1.78. The molecule has 0 spiro atoms. The molecule has 0 aliphatic heterocycles. The van der Waals surface area contributed by atoms with Crippen LogP contribution in [0.2, 0.25) is 0 Å². The Balaban J connectivity index is 1.50. The first-order valence-corrected chi connectivity index (χ1v) is 8.95. The summed E-state index contributed by atoms with van der Waals surface area (Å²) in [7, 11) is 0. The van der Waals surface area contributed by atoms with Crippen LogP contribution in [0.15, 0.2) is 0 Å². The van der Waals surface area contributed by atoms with Crippen LogP contribution in [-0.4, -0.2) is 16.8 Å². The van der Waals surface area contributed by atoms with E-state index in [2.05, 4.69) is 5.32 Å². The monoisotopic (exact) mass is 295 g/mol. The molecule has 0 aromatic carbocycles. The number of rotatable bonds is 2. The Bertz CT molecular complexity index is 401. The van der Waals surface area contributed by atoms with Crippen LogP contribution in [0.4, 0.5) is 0 Å². The molecule has 3 heteroatoms. The van der Waals surface area contributed by atoms with Crippen LogP contribution in [0.1, 0.15) is 70.6 Å². The second-order valence-corrected chi connectivity index (χ2v) is 9.00. The lowest BCUT2D eigenvalue weighted by molar-refractivity contribution is -0.145. The standard InChI is InChI=1S/C17H26ClNO/c18-17-9-12-6-13(10-17)8-16(7-12,11-17)15(20)19-14-4-2-1-3-5-14/h12-14H,1-11H2,(H,19,20)/t12-,13+,16?,17?. The van der Waals surface area contributed by atoms with E-state index >= 15 is 0 Å². The third-order valence-electron chi connectivity index (χ3n) is 6.41. The molecule has 0 radical (unpaired) electrons. The van der Waals surface area contributed by atoms with Gasteiger partial charge in [-0.05, 0) is 63.2 Å². The Morgan fingerprint density at radius 2 is 1.65 bits per heavy atom. The van der Waals surface area contributed by atoms with Crippen molar-refractivity contribution in [1.29, 1.82) is 0 Å². The zero-order valence-electron chi connectivity index (χ0n) is 12.3. The van der Waals surface area contributed by atoms with Crippen LogP contribution >= 0.6 is 11.6 Å². The lowest BCUT2D eigenvalue weighted by atomic mass is 9.49. The van der Waals surface area contributed by atoms with Gasteiger partial charge in [-0.15, -0.1) is 11.6 Å². The van der Waals surface area contributed by atoms with E-state index in [1.807, 2.05) is 0 Å². The molecule has 1 amide bonds. The largest absolute Gasteiger partial charge is 0.353 e. The van der Waals surface area contributed by atoms with Gasteiger partial charge in [-0.1, -0.05) is 19.3 Å². The molecule has 2 nitrogen and oxygen atoms in total. The molecular weight excluding hydrogens is 270 g/mol. The SMILES string of the molecule is O=C(NC1CCCCC1)C12C[C@@H]3C[C@@H](CC(Cl)(C3)C1)C2. The summed E-state index contributed by atoms with van der Waals surface area (Å²) in [6.07, 6.45) is 13.1. The summed E-state index contributed by atoms with van der Waals surface area (Å²) in [6.45, 7) is 0. The molecule has 5 fully saturated rings. The fourth-order valence-corrected chi connectivity index (χ4v) is 6.69. The smallest absolute Gasteiger partial charge is 0.226 e.